The maximum absolute atomic E-state index is 10.9. The van der Waals surface area contributed by atoms with Gasteiger partial charge in [0.1, 0.15) is 12.0 Å². The Kier molecular flexibility index (Phi) is 3.36. The second-order valence-corrected chi connectivity index (χ2v) is 5.66. The van der Waals surface area contributed by atoms with Crippen molar-refractivity contribution in [1.82, 2.24) is 4.98 Å². The van der Waals surface area contributed by atoms with Crippen molar-refractivity contribution in [2.75, 3.05) is 18.0 Å². The van der Waals surface area contributed by atoms with Crippen molar-refractivity contribution in [1.29, 1.82) is 0 Å². The lowest BCUT2D eigenvalue weighted by molar-refractivity contribution is -0.385. The SMILES string of the molecule is N/C(=N/O)c1cc([N+](=O)[O-])cnc1N1CC2CCCC2C1. The molecule has 1 saturated carbocycles. The van der Waals surface area contributed by atoms with Crippen molar-refractivity contribution >= 4 is 17.3 Å². The molecule has 1 aromatic heterocycles. The Morgan fingerprint density at radius 3 is 2.71 bits per heavy atom. The highest BCUT2D eigenvalue weighted by molar-refractivity contribution is 6.02. The predicted molar refractivity (Wildman–Crippen MR) is 76.4 cm³/mol. The zero-order valence-electron chi connectivity index (χ0n) is 11.5. The van der Waals surface area contributed by atoms with Gasteiger partial charge in [0.2, 0.25) is 0 Å². The highest BCUT2D eigenvalue weighted by atomic mass is 16.6. The lowest BCUT2D eigenvalue weighted by Gasteiger charge is -2.20. The average molecular weight is 291 g/mol. The minimum atomic E-state index is -0.538. The van der Waals surface area contributed by atoms with Crippen LogP contribution in [0.15, 0.2) is 17.4 Å². The van der Waals surface area contributed by atoms with E-state index in [1.54, 1.807) is 0 Å². The summed E-state index contributed by atoms with van der Waals surface area (Å²) in [7, 11) is 0. The van der Waals surface area contributed by atoms with E-state index in [-0.39, 0.29) is 11.5 Å². The number of nitro groups is 1. The highest BCUT2D eigenvalue weighted by Crippen LogP contribution is 2.40. The Morgan fingerprint density at radius 2 is 2.14 bits per heavy atom. The summed E-state index contributed by atoms with van der Waals surface area (Å²) in [5, 5.41) is 22.7. The van der Waals surface area contributed by atoms with Gasteiger partial charge in [-0.15, -0.1) is 0 Å². The van der Waals surface area contributed by atoms with Crippen LogP contribution in [0.1, 0.15) is 24.8 Å². The van der Waals surface area contributed by atoms with Gasteiger partial charge in [0.05, 0.1) is 10.5 Å². The Labute approximate surface area is 121 Å². The molecule has 2 unspecified atom stereocenters. The standard InChI is InChI=1S/C13H17N5O3/c14-12(16-19)11-4-10(18(20)21)5-15-13(11)17-6-8-2-1-3-9(8)7-17/h4-5,8-9,19H,1-3,6-7H2,(H2,14,16). The third-order valence-corrected chi connectivity index (χ3v) is 4.47. The van der Waals surface area contributed by atoms with E-state index in [1.807, 2.05) is 0 Å². The molecule has 21 heavy (non-hydrogen) atoms. The molecule has 2 atom stereocenters. The summed E-state index contributed by atoms with van der Waals surface area (Å²) in [6, 6.07) is 1.31. The van der Waals surface area contributed by atoms with Crippen molar-refractivity contribution in [2.45, 2.75) is 19.3 Å². The van der Waals surface area contributed by atoms with Crippen LogP contribution >= 0.6 is 0 Å². The number of aromatic nitrogens is 1. The van der Waals surface area contributed by atoms with E-state index in [1.165, 1.54) is 31.5 Å². The Hall–Kier alpha value is -2.38. The summed E-state index contributed by atoms with van der Waals surface area (Å²) < 4.78 is 0. The van der Waals surface area contributed by atoms with E-state index in [0.717, 1.165) is 13.1 Å². The molecule has 3 rings (SSSR count). The number of hydrogen-bond donors (Lipinski definition) is 2. The monoisotopic (exact) mass is 291 g/mol. The predicted octanol–water partition coefficient (Wildman–Crippen LogP) is 1.32. The molecule has 0 amide bonds. The molecule has 1 aromatic rings. The minimum Gasteiger partial charge on any atom is -0.409 e. The number of nitrogens with zero attached hydrogens (tertiary/aromatic N) is 4. The second-order valence-electron chi connectivity index (χ2n) is 5.66. The van der Waals surface area contributed by atoms with E-state index in [0.29, 0.717) is 23.2 Å². The molecule has 1 saturated heterocycles. The maximum Gasteiger partial charge on any atom is 0.288 e. The largest absolute Gasteiger partial charge is 0.409 e. The van der Waals surface area contributed by atoms with Crippen LogP contribution in [0.5, 0.6) is 0 Å². The number of rotatable bonds is 3. The maximum atomic E-state index is 10.9. The third-order valence-electron chi connectivity index (χ3n) is 4.47. The first kappa shape index (κ1) is 13.6. The van der Waals surface area contributed by atoms with E-state index in [4.69, 9.17) is 10.9 Å². The second kappa shape index (κ2) is 5.19. The van der Waals surface area contributed by atoms with Crippen LogP contribution in [0.2, 0.25) is 0 Å². The topological polar surface area (TPSA) is 118 Å². The molecule has 0 spiro atoms. The number of anilines is 1. The van der Waals surface area contributed by atoms with Gasteiger partial charge in [-0.05, 0) is 24.7 Å². The molecule has 0 bridgehead atoms. The van der Waals surface area contributed by atoms with E-state index in [2.05, 4.69) is 15.0 Å². The molecular weight excluding hydrogens is 274 g/mol. The van der Waals surface area contributed by atoms with Crippen LogP contribution in [0.25, 0.3) is 0 Å². The lowest BCUT2D eigenvalue weighted by Crippen LogP contribution is -2.26. The Balaban J connectivity index is 1.96. The van der Waals surface area contributed by atoms with Gasteiger partial charge < -0.3 is 15.8 Å². The van der Waals surface area contributed by atoms with Gasteiger partial charge in [0, 0.05) is 19.2 Å². The van der Waals surface area contributed by atoms with Gasteiger partial charge in [-0.3, -0.25) is 10.1 Å². The van der Waals surface area contributed by atoms with Gasteiger partial charge in [-0.1, -0.05) is 11.6 Å². The van der Waals surface area contributed by atoms with Crippen LogP contribution < -0.4 is 10.6 Å². The lowest BCUT2D eigenvalue weighted by atomic mass is 10.0. The van der Waals surface area contributed by atoms with Crippen molar-refractivity contribution in [3.63, 3.8) is 0 Å². The molecule has 1 aliphatic heterocycles. The van der Waals surface area contributed by atoms with Crippen LogP contribution in [0, 0.1) is 22.0 Å². The molecule has 0 radical (unpaired) electrons. The van der Waals surface area contributed by atoms with E-state index in [9.17, 15) is 10.1 Å². The van der Waals surface area contributed by atoms with Crippen LogP contribution in [-0.2, 0) is 0 Å². The number of fused-ring (bicyclic) bond motifs is 1. The first-order chi connectivity index (χ1) is 10.1. The summed E-state index contributed by atoms with van der Waals surface area (Å²) in [5.74, 6) is 1.72. The molecule has 8 nitrogen and oxygen atoms in total. The molecule has 0 aromatic carbocycles. The van der Waals surface area contributed by atoms with Crippen LogP contribution in [0.4, 0.5) is 11.5 Å². The first-order valence-corrected chi connectivity index (χ1v) is 6.97. The summed E-state index contributed by atoms with van der Waals surface area (Å²) in [6.45, 7) is 1.75. The summed E-state index contributed by atoms with van der Waals surface area (Å²) in [4.78, 5) is 16.6. The average Bonchev–Trinajstić information content (AvgIpc) is 3.06. The van der Waals surface area contributed by atoms with Crippen molar-refractivity contribution in [3.8, 4) is 0 Å². The summed E-state index contributed by atoms with van der Waals surface area (Å²) >= 11 is 0. The van der Waals surface area contributed by atoms with Crippen molar-refractivity contribution in [2.24, 2.45) is 22.7 Å². The molecule has 112 valence electrons. The Morgan fingerprint density at radius 1 is 1.48 bits per heavy atom. The van der Waals surface area contributed by atoms with Gasteiger partial charge in [-0.25, -0.2) is 4.98 Å². The molecule has 1 aliphatic carbocycles. The fourth-order valence-electron chi connectivity index (χ4n) is 3.45. The zero-order chi connectivity index (χ0) is 15.0. The number of hydrogen-bond acceptors (Lipinski definition) is 6. The van der Waals surface area contributed by atoms with Gasteiger partial charge in [0.25, 0.3) is 5.69 Å². The number of nitrogens with two attached hydrogens (primary N) is 1. The highest BCUT2D eigenvalue weighted by Gasteiger charge is 2.37. The third kappa shape index (κ3) is 2.37. The number of oxime groups is 1. The summed E-state index contributed by atoms with van der Waals surface area (Å²) in [5.41, 5.74) is 5.80. The molecule has 3 N–H and O–H groups in total. The van der Waals surface area contributed by atoms with Gasteiger partial charge >= 0.3 is 0 Å². The van der Waals surface area contributed by atoms with E-state index >= 15 is 0 Å². The fraction of sp³-hybridized carbons (Fsp3) is 0.538. The molecule has 2 aliphatic rings. The van der Waals surface area contributed by atoms with Gasteiger partial charge in [-0.2, -0.15) is 0 Å². The number of pyridine rings is 1. The number of amidine groups is 1. The van der Waals surface area contributed by atoms with Crippen LogP contribution in [-0.4, -0.2) is 34.0 Å². The quantitative estimate of drug-likeness (QED) is 0.285. The van der Waals surface area contributed by atoms with Crippen molar-refractivity contribution in [3.05, 3.63) is 27.9 Å². The van der Waals surface area contributed by atoms with Crippen LogP contribution in [0.3, 0.4) is 0 Å². The summed E-state index contributed by atoms with van der Waals surface area (Å²) in [6.07, 6.45) is 4.92. The first-order valence-electron chi connectivity index (χ1n) is 6.97. The minimum absolute atomic E-state index is 0.154. The normalized spacial score (nSPS) is 25.1. The smallest absolute Gasteiger partial charge is 0.288 e. The van der Waals surface area contributed by atoms with Gasteiger partial charge in [0.15, 0.2) is 5.84 Å². The zero-order valence-corrected chi connectivity index (χ0v) is 11.5. The fourth-order valence-corrected chi connectivity index (χ4v) is 3.45. The molecule has 2 heterocycles. The molecule has 2 fully saturated rings. The molecular formula is C13H17N5O3. The molecule has 8 heteroatoms. The van der Waals surface area contributed by atoms with Crippen molar-refractivity contribution < 1.29 is 10.1 Å². The Bertz CT molecular complexity index is 591. The van der Waals surface area contributed by atoms with E-state index < -0.39 is 4.92 Å².